The lowest BCUT2D eigenvalue weighted by atomic mass is 9.82. The number of carbonyl (C=O) groups excluding carboxylic acids is 1. The second kappa shape index (κ2) is 6.37. The molecule has 1 aliphatic carbocycles. The highest BCUT2D eigenvalue weighted by Crippen LogP contribution is 2.36. The van der Waals surface area contributed by atoms with Gasteiger partial charge in [0.05, 0.1) is 5.92 Å². The number of likely N-dealkylation sites (tertiary alicyclic amines) is 1. The maximum absolute atomic E-state index is 12.9. The van der Waals surface area contributed by atoms with Crippen molar-refractivity contribution >= 4 is 18.3 Å². The minimum absolute atomic E-state index is 0. The van der Waals surface area contributed by atoms with Crippen molar-refractivity contribution in [1.82, 2.24) is 4.90 Å². The van der Waals surface area contributed by atoms with Crippen LogP contribution in [0.2, 0.25) is 0 Å². The Morgan fingerprint density at radius 1 is 1.43 bits per heavy atom. The molecule has 4 heteroatoms. The summed E-state index contributed by atoms with van der Waals surface area (Å²) in [5.74, 6) is 0.384. The quantitative estimate of drug-likeness (QED) is 0.913. The molecule has 0 spiro atoms. The van der Waals surface area contributed by atoms with Crippen molar-refractivity contribution in [3.8, 4) is 0 Å². The largest absolute Gasteiger partial charge is 0.342 e. The lowest BCUT2D eigenvalue weighted by Gasteiger charge is -2.29. The Kier molecular flexibility index (Phi) is 4.95. The maximum Gasteiger partial charge on any atom is 0.230 e. The fourth-order valence-corrected chi connectivity index (χ4v) is 3.61. The molecule has 116 valence electrons. The number of hydrogen-bond acceptors (Lipinski definition) is 2. The molecule has 0 saturated carbocycles. The summed E-state index contributed by atoms with van der Waals surface area (Å²) < 4.78 is 0. The lowest BCUT2D eigenvalue weighted by Crippen LogP contribution is -2.37. The van der Waals surface area contributed by atoms with Crippen molar-refractivity contribution < 1.29 is 4.79 Å². The molecule has 1 saturated heterocycles. The molecule has 2 aliphatic rings. The Hall–Kier alpha value is -1.06. The van der Waals surface area contributed by atoms with Gasteiger partial charge in [0.25, 0.3) is 0 Å². The molecule has 0 radical (unpaired) electrons. The van der Waals surface area contributed by atoms with E-state index in [1.54, 1.807) is 0 Å². The average Bonchev–Trinajstić information content (AvgIpc) is 2.89. The molecule has 0 aromatic heterocycles. The number of nitrogens with two attached hydrogens (primary N) is 1. The number of hydrogen-bond donors (Lipinski definition) is 1. The van der Waals surface area contributed by atoms with Crippen LogP contribution in [0.5, 0.6) is 0 Å². The van der Waals surface area contributed by atoms with Gasteiger partial charge in [-0.15, -0.1) is 12.4 Å². The molecule has 3 nitrogen and oxygen atoms in total. The van der Waals surface area contributed by atoms with Gasteiger partial charge in [-0.1, -0.05) is 31.2 Å². The average molecular weight is 309 g/mol. The summed E-state index contributed by atoms with van der Waals surface area (Å²) in [5.41, 5.74) is 8.58. The van der Waals surface area contributed by atoms with Gasteiger partial charge in [0.1, 0.15) is 0 Å². The summed E-state index contributed by atoms with van der Waals surface area (Å²) in [6, 6.07) is 8.43. The highest BCUT2D eigenvalue weighted by Gasteiger charge is 2.38. The zero-order valence-electron chi connectivity index (χ0n) is 12.7. The number of nitrogens with zero attached hydrogens (tertiary/aromatic N) is 1. The summed E-state index contributed by atoms with van der Waals surface area (Å²) >= 11 is 0. The third-order valence-corrected chi connectivity index (χ3v) is 5.03. The first-order chi connectivity index (χ1) is 9.63. The number of carbonyl (C=O) groups is 1. The summed E-state index contributed by atoms with van der Waals surface area (Å²) in [6.45, 7) is 4.54. The molecule has 3 rings (SSSR count). The Bertz CT molecular complexity index is 519. The second-order valence-corrected chi connectivity index (χ2v) is 6.67. The van der Waals surface area contributed by atoms with Crippen molar-refractivity contribution in [2.24, 2.45) is 11.1 Å². The number of aryl methyl sites for hydroxylation is 1. The molecule has 21 heavy (non-hydrogen) atoms. The molecule has 2 atom stereocenters. The Labute approximate surface area is 133 Å². The normalized spacial score (nSPS) is 27.9. The first kappa shape index (κ1) is 16.3. The van der Waals surface area contributed by atoms with Crippen LogP contribution in [0.15, 0.2) is 24.3 Å². The van der Waals surface area contributed by atoms with E-state index in [1.807, 2.05) is 4.90 Å². The number of fused-ring (bicyclic) bond motifs is 1. The van der Waals surface area contributed by atoms with Crippen molar-refractivity contribution in [2.75, 3.05) is 19.6 Å². The SMILES string of the molecule is CC1(CN)CCN(C(=O)C2CCCc3ccccc32)C1.Cl. The van der Waals surface area contributed by atoms with Crippen LogP contribution in [0.25, 0.3) is 0 Å². The lowest BCUT2D eigenvalue weighted by molar-refractivity contribution is -0.132. The van der Waals surface area contributed by atoms with Gasteiger partial charge in [-0.2, -0.15) is 0 Å². The van der Waals surface area contributed by atoms with Gasteiger partial charge in [-0.25, -0.2) is 0 Å². The molecule has 0 bridgehead atoms. The summed E-state index contributed by atoms with van der Waals surface area (Å²) in [4.78, 5) is 14.9. The zero-order valence-corrected chi connectivity index (χ0v) is 13.5. The van der Waals surface area contributed by atoms with Gasteiger partial charge >= 0.3 is 0 Å². The van der Waals surface area contributed by atoms with E-state index in [9.17, 15) is 4.79 Å². The van der Waals surface area contributed by atoms with Crippen LogP contribution in [0.4, 0.5) is 0 Å². The first-order valence-electron chi connectivity index (χ1n) is 7.70. The molecular weight excluding hydrogens is 284 g/mol. The second-order valence-electron chi connectivity index (χ2n) is 6.67. The predicted octanol–water partition coefficient (Wildman–Crippen LogP) is 2.73. The number of amides is 1. The third-order valence-electron chi connectivity index (χ3n) is 5.03. The summed E-state index contributed by atoms with van der Waals surface area (Å²) in [6.07, 6.45) is 4.26. The van der Waals surface area contributed by atoms with E-state index in [1.165, 1.54) is 11.1 Å². The number of benzene rings is 1. The fourth-order valence-electron chi connectivity index (χ4n) is 3.61. The van der Waals surface area contributed by atoms with Crippen molar-refractivity contribution in [3.63, 3.8) is 0 Å². The van der Waals surface area contributed by atoms with Crippen LogP contribution >= 0.6 is 12.4 Å². The molecular formula is C17H25ClN2O. The number of halogens is 1. The molecule has 1 amide bonds. The van der Waals surface area contributed by atoms with Gasteiger partial charge in [0.2, 0.25) is 5.91 Å². The third kappa shape index (κ3) is 3.09. The Morgan fingerprint density at radius 2 is 2.19 bits per heavy atom. The summed E-state index contributed by atoms with van der Waals surface area (Å²) in [7, 11) is 0. The van der Waals surface area contributed by atoms with Crippen molar-refractivity contribution in [3.05, 3.63) is 35.4 Å². The van der Waals surface area contributed by atoms with Crippen LogP contribution in [0, 0.1) is 5.41 Å². The van der Waals surface area contributed by atoms with E-state index in [-0.39, 0.29) is 23.7 Å². The Morgan fingerprint density at radius 3 is 2.90 bits per heavy atom. The van der Waals surface area contributed by atoms with Crippen molar-refractivity contribution in [2.45, 2.75) is 38.5 Å². The Balaban J connectivity index is 0.00000161. The van der Waals surface area contributed by atoms with Crippen LogP contribution in [0.3, 0.4) is 0 Å². The summed E-state index contributed by atoms with van der Waals surface area (Å²) in [5, 5.41) is 0. The molecule has 1 aliphatic heterocycles. The van der Waals surface area contributed by atoms with E-state index in [0.717, 1.165) is 38.8 Å². The highest BCUT2D eigenvalue weighted by molar-refractivity contribution is 5.85. The van der Waals surface area contributed by atoms with E-state index in [4.69, 9.17) is 5.73 Å². The molecule has 2 N–H and O–H groups in total. The molecule has 1 aromatic rings. The first-order valence-corrected chi connectivity index (χ1v) is 7.70. The molecule has 1 fully saturated rings. The minimum atomic E-state index is 0. The topological polar surface area (TPSA) is 46.3 Å². The van der Waals surface area contributed by atoms with Gasteiger partial charge in [-0.05, 0) is 48.8 Å². The van der Waals surface area contributed by atoms with E-state index in [2.05, 4.69) is 31.2 Å². The highest BCUT2D eigenvalue weighted by atomic mass is 35.5. The minimum Gasteiger partial charge on any atom is -0.342 e. The van der Waals surface area contributed by atoms with Gasteiger partial charge in [-0.3, -0.25) is 4.79 Å². The predicted molar refractivity (Wildman–Crippen MR) is 87.7 cm³/mol. The van der Waals surface area contributed by atoms with E-state index < -0.39 is 0 Å². The van der Waals surface area contributed by atoms with E-state index in [0.29, 0.717) is 12.5 Å². The van der Waals surface area contributed by atoms with Crippen LogP contribution < -0.4 is 5.73 Å². The molecule has 2 unspecified atom stereocenters. The molecule has 1 heterocycles. The number of rotatable bonds is 2. The fraction of sp³-hybridized carbons (Fsp3) is 0.588. The van der Waals surface area contributed by atoms with Crippen LogP contribution in [-0.4, -0.2) is 30.4 Å². The standard InChI is InChI=1S/C17H24N2O.ClH/c1-17(11-18)9-10-19(12-17)16(20)15-8-4-6-13-5-2-3-7-14(13)15;/h2-3,5,7,15H,4,6,8-12,18H2,1H3;1H. The van der Waals surface area contributed by atoms with Crippen molar-refractivity contribution in [1.29, 1.82) is 0 Å². The monoisotopic (exact) mass is 308 g/mol. The molecule has 1 aromatic carbocycles. The van der Waals surface area contributed by atoms with Crippen LogP contribution in [-0.2, 0) is 11.2 Å². The van der Waals surface area contributed by atoms with E-state index >= 15 is 0 Å². The van der Waals surface area contributed by atoms with Crippen LogP contribution in [0.1, 0.15) is 43.2 Å². The van der Waals surface area contributed by atoms with Gasteiger partial charge in [0, 0.05) is 13.1 Å². The van der Waals surface area contributed by atoms with Gasteiger partial charge < -0.3 is 10.6 Å². The smallest absolute Gasteiger partial charge is 0.230 e. The van der Waals surface area contributed by atoms with Gasteiger partial charge in [0.15, 0.2) is 0 Å². The maximum atomic E-state index is 12.9. The zero-order chi connectivity index (χ0) is 14.2.